The summed E-state index contributed by atoms with van der Waals surface area (Å²) in [5.41, 5.74) is 3.28. The quantitative estimate of drug-likeness (QED) is 0.888. The first-order chi connectivity index (χ1) is 10.7. The molecule has 112 valence electrons. The number of amides is 1. The molecule has 4 heteroatoms. The molecule has 0 aliphatic rings. The summed E-state index contributed by atoms with van der Waals surface area (Å²) in [5, 5.41) is 11.2. The van der Waals surface area contributed by atoms with Gasteiger partial charge in [0, 0.05) is 24.5 Å². The third kappa shape index (κ3) is 4.10. The lowest BCUT2D eigenvalue weighted by molar-refractivity contribution is -0.120. The van der Waals surface area contributed by atoms with Gasteiger partial charge < -0.3 is 10.2 Å². The van der Waals surface area contributed by atoms with Crippen LogP contribution < -0.4 is 10.2 Å². The maximum atomic E-state index is 11.3. The van der Waals surface area contributed by atoms with Crippen molar-refractivity contribution in [1.29, 1.82) is 5.26 Å². The van der Waals surface area contributed by atoms with Gasteiger partial charge in [-0.15, -0.1) is 0 Å². The minimum Gasteiger partial charge on any atom is -0.351 e. The number of nitrogens with zero attached hydrogens (tertiary/aromatic N) is 2. The first-order valence-electron chi connectivity index (χ1n) is 7.29. The van der Waals surface area contributed by atoms with Crippen LogP contribution in [0.3, 0.4) is 0 Å². The zero-order valence-corrected chi connectivity index (χ0v) is 12.6. The van der Waals surface area contributed by atoms with Crippen LogP contribution in [0.5, 0.6) is 0 Å². The van der Waals surface area contributed by atoms with E-state index in [1.54, 1.807) is 0 Å². The van der Waals surface area contributed by atoms with E-state index in [4.69, 9.17) is 5.26 Å². The molecule has 0 heterocycles. The van der Waals surface area contributed by atoms with Crippen molar-refractivity contribution in [2.45, 2.75) is 19.9 Å². The van der Waals surface area contributed by atoms with Gasteiger partial charge >= 0.3 is 0 Å². The first-order valence-corrected chi connectivity index (χ1v) is 7.29. The van der Waals surface area contributed by atoms with Gasteiger partial charge in [0.05, 0.1) is 6.07 Å². The fourth-order valence-corrected chi connectivity index (χ4v) is 2.25. The van der Waals surface area contributed by atoms with Crippen molar-refractivity contribution >= 4 is 17.3 Å². The van der Waals surface area contributed by atoms with Crippen molar-refractivity contribution in [2.75, 3.05) is 11.4 Å². The molecule has 4 nitrogen and oxygen atoms in total. The third-order valence-corrected chi connectivity index (χ3v) is 3.36. The summed E-state index contributed by atoms with van der Waals surface area (Å²) < 4.78 is 0. The molecule has 2 rings (SSSR count). The summed E-state index contributed by atoms with van der Waals surface area (Å²) >= 11 is 0. The molecule has 0 atom stereocenters. The normalized spacial score (nSPS) is 9.82. The van der Waals surface area contributed by atoms with Gasteiger partial charge in [-0.3, -0.25) is 4.79 Å². The number of nitriles is 1. The van der Waals surface area contributed by atoms with E-state index in [9.17, 15) is 4.79 Å². The van der Waals surface area contributed by atoms with Gasteiger partial charge in [-0.2, -0.15) is 5.26 Å². The fourth-order valence-electron chi connectivity index (χ4n) is 2.25. The lowest BCUT2D eigenvalue weighted by Crippen LogP contribution is -2.22. The molecule has 22 heavy (non-hydrogen) atoms. The number of hydrogen-bond acceptors (Lipinski definition) is 3. The Morgan fingerprint density at radius 3 is 2.32 bits per heavy atom. The molecule has 0 aliphatic carbocycles. The van der Waals surface area contributed by atoms with Gasteiger partial charge in [0.15, 0.2) is 0 Å². The zero-order valence-electron chi connectivity index (χ0n) is 12.6. The molecule has 0 spiro atoms. The molecule has 0 aromatic heterocycles. The Hall–Kier alpha value is -2.80. The largest absolute Gasteiger partial charge is 0.351 e. The van der Waals surface area contributed by atoms with Gasteiger partial charge in [0.1, 0.15) is 6.42 Å². The van der Waals surface area contributed by atoms with E-state index in [-0.39, 0.29) is 12.3 Å². The van der Waals surface area contributed by atoms with Gasteiger partial charge in [0.2, 0.25) is 5.91 Å². The van der Waals surface area contributed by atoms with Gasteiger partial charge in [-0.25, -0.2) is 0 Å². The second-order valence-electron chi connectivity index (χ2n) is 4.86. The summed E-state index contributed by atoms with van der Waals surface area (Å²) in [4.78, 5) is 13.5. The van der Waals surface area contributed by atoms with E-state index < -0.39 is 0 Å². The second-order valence-corrected chi connectivity index (χ2v) is 4.86. The Morgan fingerprint density at radius 2 is 1.73 bits per heavy atom. The van der Waals surface area contributed by atoms with Gasteiger partial charge in [0.25, 0.3) is 0 Å². The van der Waals surface area contributed by atoms with Gasteiger partial charge in [-0.05, 0) is 36.8 Å². The van der Waals surface area contributed by atoms with Crippen LogP contribution in [0.25, 0.3) is 0 Å². The molecule has 0 bridgehead atoms. The van der Waals surface area contributed by atoms with Crippen LogP contribution in [-0.2, 0) is 11.3 Å². The monoisotopic (exact) mass is 293 g/mol. The number of benzene rings is 2. The van der Waals surface area contributed by atoms with Crippen LogP contribution in [-0.4, -0.2) is 12.5 Å². The van der Waals surface area contributed by atoms with E-state index >= 15 is 0 Å². The highest BCUT2D eigenvalue weighted by Crippen LogP contribution is 2.24. The highest BCUT2D eigenvalue weighted by Gasteiger charge is 2.06. The van der Waals surface area contributed by atoms with Crippen molar-refractivity contribution in [1.82, 2.24) is 5.32 Å². The maximum Gasteiger partial charge on any atom is 0.234 e. The van der Waals surface area contributed by atoms with Crippen LogP contribution >= 0.6 is 0 Å². The summed E-state index contributed by atoms with van der Waals surface area (Å²) in [6.07, 6.45) is -0.101. The Bertz CT molecular complexity index is 644. The minimum absolute atomic E-state index is 0.101. The number of rotatable bonds is 6. The predicted molar refractivity (Wildman–Crippen MR) is 87.6 cm³/mol. The maximum absolute atomic E-state index is 11.3. The lowest BCUT2D eigenvalue weighted by Gasteiger charge is -2.23. The Balaban J connectivity index is 2.05. The van der Waals surface area contributed by atoms with Crippen molar-refractivity contribution in [2.24, 2.45) is 0 Å². The van der Waals surface area contributed by atoms with E-state index in [0.29, 0.717) is 6.54 Å². The number of hydrogen-bond donors (Lipinski definition) is 1. The lowest BCUT2D eigenvalue weighted by atomic mass is 10.1. The standard InChI is InChI=1S/C18H19N3O/c1-2-21(16-6-4-3-5-7-16)17-10-8-15(9-11-17)14-20-18(22)12-13-19/h3-11H,2,12,14H2,1H3,(H,20,22). The summed E-state index contributed by atoms with van der Waals surface area (Å²) in [5.74, 6) is -0.244. The topological polar surface area (TPSA) is 56.1 Å². The van der Waals surface area contributed by atoms with Crippen molar-refractivity contribution in [3.63, 3.8) is 0 Å². The number of para-hydroxylation sites is 1. The highest BCUT2D eigenvalue weighted by molar-refractivity contribution is 5.77. The molecule has 0 saturated heterocycles. The SMILES string of the molecule is CCN(c1ccccc1)c1ccc(CNC(=O)CC#N)cc1. The molecule has 0 fully saturated rings. The average molecular weight is 293 g/mol. The summed E-state index contributed by atoms with van der Waals surface area (Å²) in [7, 11) is 0. The molecular formula is C18H19N3O. The molecule has 2 aromatic carbocycles. The van der Waals surface area contributed by atoms with Crippen molar-refractivity contribution in [3.05, 3.63) is 60.2 Å². The smallest absolute Gasteiger partial charge is 0.234 e. The second kappa shape index (κ2) is 7.84. The average Bonchev–Trinajstić information content (AvgIpc) is 2.56. The van der Waals surface area contributed by atoms with Crippen LogP contribution in [0.1, 0.15) is 18.9 Å². The van der Waals surface area contributed by atoms with Crippen LogP contribution in [0.4, 0.5) is 11.4 Å². The number of anilines is 2. The third-order valence-electron chi connectivity index (χ3n) is 3.36. The number of carbonyl (C=O) groups excluding carboxylic acids is 1. The molecule has 1 amide bonds. The predicted octanol–water partition coefficient (Wildman–Crippen LogP) is 3.37. The molecule has 2 aromatic rings. The van der Waals surface area contributed by atoms with E-state index in [0.717, 1.165) is 23.5 Å². The number of carbonyl (C=O) groups is 1. The Labute approximate surface area is 131 Å². The van der Waals surface area contributed by atoms with E-state index in [2.05, 4.69) is 29.3 Å². The Kier molecular flexibility index (Phi) is 5.56. The van der Waals surface area contributed by atoms with Crippen LogP contribution in [0.2, 0.25) is 0 Å². The van der Waals surface area contributed by atoms with Gasteiger partial charge in [-0.1, -0.05) is 30.3 Å². The molecule has 0 radical (unpaired) electrons. The summed E-state index contributed by atoms with van der Waals surface area (Å²) in [6, 6.07) is 20.1. The molecule has 0 saturated carbocycles. The van der Waals surface area contributed by atoms with E-state index in [1.165, 1.54) is 0 Å². The minimum atomic E-state index is -0.244. The molecule has 0 unspecified atom stereocenters. The van der Waals surface area contributed by atoms with Crippen LogP contribution in [0, 0.1) is 11.3 Å². The molecular weight excluding hydrogens is 274 g/mol. The molecule has 0 aliphatic heterocycles. The molecule has 1 N–H and O–H groups in total. The van der Waals surface area contributed by atoms with E-state index in [1.807, 2.05) is 48.5 Å². The first kappa shape index (κ1) is 15.6. The summed E-state index contributed by atoms with van der Waals surface area (Å²) in [6.45, 7) is 3.43. The fraction of sp³-hybridized carbons (Fsp3) is 0.222. The van der Waals surface area contributed by atoms with Crippen molar-refractivity contribution in [3.8, 4) is 6.07 Å². The number of nitrogens with one attached hydrogen (secondary N) is 1. The zero-order chi connectivity index (χ0) is 15.8. The van der Waals surface area contributed by atoms with Crippen molar-refractivity contribution < 1.29 is 4.79 Å². The van der Waals surface area contributed by atoms with Crippen LogP contribution in [0.15, 0.2) is 54.6 Å². The Morgan fingerprint density at radius 1 is 1.09 bits per heavy atom. The highest BCUT2D eigenvalue weighted by atomic mass is 16.1.